The minimum Gasteiger partial charge on any atom is -0.396 e. The first-order chi connectivity index (χ1) is 7.16. The van der Waals surface area contributed by atoms with E-state index in [4.69, 9.17) is 5.11 Å². The molecule has 0 fully saturated rings. The third-order valence-electron chi connectivity index (χ3n) is 1.95. The van der Waals surface area contributed by atoms with Gasteiger partial charge in [0, 0.05) is 13.2 Å². The van der Waals surface area contributed by atoms with Gasteiger partial charge in [-0.1, -0.05) is 26.7 Å². The molecule has 0 heterocycles. The first kappa shape index (κ1) is 14.8. The summed E-state index contributed by atoms with van der Waals surface area (Å²) in [6.45, 7) is 5.22. The Bertz CT molecular complexity index is 163. The van der Waals surface area contributed by atoms with Crippen molar-refractivity contribution in [2.75, 3.05) is 18.9 Å². The molecule has 0 aromatic carbocycles. The maximum absolute atomic E-state index is 11.3. The largest absolute Gasteiger partial charge is 0.396 e. The molecule has 0 rings (SSSR count). The number of aliphatic hydroxyl groups is 1. The monoisotopic (exact) mass is 233 g/mol. The van der Waals surface area contributed by atoms with Crippen LogP contribution in [0.3, 0.4) is 0 Å². The summed E-state index contributed by atoms with van der Waals surface area (Å²) in [5.74, 6) is 0.699. The first-order valence-electron chi connectivity index (χ1n) is 5.66. The zero-order valence-electron chi connectivity index (χ0n) is 9.79. The lowest BCUT2D eigenvalue weighted by Gasteiger charge is -2.06. The average Bonchev–Trinajstić information content (AvgIpc) is 2.20. The van der Waals surface area contributed by atoms with Gasteiger partial charge in [-0.2, -0.15) is 0 Å². The maximum Gasteiger partial charge on any atom is 0.230 e. The van der Waals surface area contributed by atoms with Crippen LogP contribution in [0.5, 0.6) is 0 Å². The molecule has 0 saturated heterocycles. The molecule has 4 heteroatoms. The summed E-state index contributed by atoms with van der Waals surface area (Å²) in [5, 5.41) is 12.0. The minimum atomic E-state index is 0.135. The van der Waals surface area contributed by atoms with Gasteiger partial charge in [0.15, 0.2) is 0 Å². The molecule has 0 aliphatic carbocycles. The zero-order valence-corrected chi connectivity index (χ0v) is 10.6. The standard InChI is InChI=1S/C11H23NO2S/c1-10(2)15-9-11(14)12-7-5-3-4-6-8-13/h10,13H,3-9H2,1-2H3,(H,12,14). The molecule has 0 radical (unpaired) electrons. The van der Waals surface area contributed by atoms with E-state index in [-0.39, 0.29) is 12.5 Å². The van der Waals surface area contributed by atoms with Gasteiger partial charge in [-0.05, 0) is 18.1 Å². The fraction of sp³-hybridized carbons (Fsp3) is 0.909. The molecule has 0 aliphatic heterocycles. The lowest BCUT2D eigenvalue weighted by atomic mass is 10.2. The second kappa shape index (κ2) is 10.3. The Morgan fingerprint density at radius 2 is 1.93 bits per heavy atom. The zero-order chi connectivity index (χ0) is 11.5. The lowest BCUT2D eigenvalue weighted by molar-refractivity contribution is -0.118. The van der Waals surface area contributed by atoms with Crippen molar-refractivity contribution >= 4 is 17.7 Å². The third kappa shape index (κ3) is 11.7. The summed E-state index contributed by atoms with van der Waals surface area (Å²) < 4.78 is 0. The van der Waals surface area contributed by atoms with Crippen LogP contribution in [0, 0.1) is 0 Å². The van der Waals surface area contributed by atoms with E-state index in [9.17, 15) is 4.79 Å². The molecule has 0 aromatic heterocycles. The van der Waals surface area contributed by atoms with Crippen molar-refractivity contribution in [3.63, 3.8) is 0 Å². The van der Waals surface area contributed by atoms with Crippen LogP contribution in [0.4, 0.5) is 0 Å². The number of carbonyl (C=O) groups is 1. The smallest absolute Gasteiger partial charge is 0.230 e. The Morgan fingerprint density at radius 3 is 2.53 bits per heavy atom. The van der Waals surface area contributed by atoms with Gasteiger partial charge in [0.05, 0.1) is 5.75 Å². The molecule has 0 atom stereocenters. The number of hydrogen-bond acceptors (Lipinski definition) is 3. The third-order valence-corrected chi connectivity index (χ3v) is 3.05. The number of aliphatic hydroxyl groups excluding tert-OH is 1. The van der Waals surface area contributed by atoms with Crippen molar-refractivity contribution in [2.24, 2.45) is 0 Å². The molecule has 1 amide bonds. The Morgan fingerprint density at radius 1 is 1.27 bits per heavy atom. The van der Waals surface area contributed by atoms with Crippen molar-refractivity contribution in [1.29, 1.82) is 0 Å². The van der Waals surface area contributed by atoms with Crippen LogP contribution < -0.4 is 5.32 Å². The minimum absolute atomic E-state index is 0.135. The SMILES string of the molecule is CC(C)SCC(=O)NCCCCCCO. The number of hydrogen-bond donors (Lipinski definition) is 2. The van der Waals surface area contributed by atoms with Crippen molar-refractivity contribution < 1.29 is 9.90 Å². The predicted molar refractivity (Wildman–Crippen MR) is 66.2 cm³/mol. The summed E-state index contributed by atoms with van der Waals surface area (Å²) in [7, 11) is 0. The van der Waals surface area contributed by atoms with Gasteiger partial charge in [0.25, 0.3) is 0 Å². The maximum atomic E-state index is 11.3. The highest BCUT2D eigenvalue weighted by Gasteiger charge is 2.02. The average molecular weight is 233 g/mol. The molecule has 0 aliphatic rings. The van der Waals surface area contributed by atoms with E-state index in [1.54, 1.807) is 11.8 Å². The number of rotatable bonds is 9. The fourth-order valence-electron chi connectivity index (χ4n) is 1.11. The van der Waals surface area contributed by atoms with Gasteiger partial charge in [0.1, 0.15) is 0 Å². The van der Waals surface area contributed by atoms with Crippen LogP contribution >= 0.6 is 11.8 Å². The molecule has 15 heavy (non-hydrogen) atoms. The van der Waals surface area contributed by atoms with E-state index in [0.29, 0.717) is 11.0 Å². The number of unbranched alkanes of at least 4 members (excludes halogenated alkanes) is 3. The Labute approximate surface area is 97.0 Å². The van der Waals surface area contributed by atoms with Gasteiger partial charge in [-0.3, -0.25) is 4.79 Å². The van der Waals surface area contributed by atoms with E-state index in [1.807, 2.05) is 0 Å². The Kier molecular flexibility index (Phi) is 10.2. The van der Waals surface area contributed by atoms with Crippen LogP contribution in [0.2, 0.25) is 0 Å². The molecule has 2 N–H and O–H groups in total. The molecule has 0 spiro atoms. The number of amides is 1. The van der Waals surface area contributed by atoms with Gasteiger partial charge >= 0.3 is 0 Å². The van der Waals surface area contributed by atoms with Crippen molar-refractivity contribution in [3.8, 4) is 0 Å². The van der Waals surface area contributed by atoms with Crippen molar-refractivity contribution in [3.05, 3.63) is 0 Å². The lowest BCUT2D eigenvalue weighted by Crippen LogP contribution is -2.26. The van der Waals surface area contributed by atoms with Crippen LogP contribution in [-0.4, -0.2) is 35.2 Å². The number of thioether (sulfide) groups is 1. The van der Waals surface area contributed by atoms with Gasteiger partial charge in [-0.25, -0.2) is 0 Å². The molecule has 0 aromatic rings. The summed E-state index contributed by atoms with van der Waals surface area (Å²) in [4.78, 5) is 11.3. The molecular formula is C11H23NO2S. The molecule has 0 unspecified atom stereocenters. The summed E-state index contributed by atoms with van der Waals surface area (Å²) in [6, 6.07) is 0. The quantitative estimate of drug-likeness (QED) is 0.597. The second-order valence-corrected chi connectivity index (χ2v) is 5.41. The fourth-order valence-corrected chi connectivity index (χ4v) is 1.70. The van der Waals surface area contributed by atoms with E-state index in [1.165, 1.54) is 0 Å². The highest BCUT2D eigenvalue weighted by Crippen LogP contribution is 2.07. The van der Waals surface area contributed by atoms with E-state index in [2.05, 4.69) is 19.2 Å². The van der Waals surface area contributed by atoms with E-state index < -0.39 is 0 Å². The normalized spacial score (nSPS) is 10.7. The molecule has 0 bridgehead atoms. The van der Waals surface area contributed by atoms with Gasteiger partial charge < -0.3 is 10.4 Å². The highest BCUT2D eigenvalue weighted by atomic mass is 32.2. The number of nitrogens with one attached hydrogen (secondary N) is 1. The summed E-state index contributed by atoms with van der Waals surface area (Å²) >= 11 is 1.67. The van der Waals surface area contributed by atoms with Crippen LogP contribution in [-0.2, 0) is 4.79 Å². The van der Waals surface area contributed by atoms with Crippen LogP contribution in [0.1, 0.15) is 39.5 Å². The van der Waals surface area contributed by atoms with Crippen LogP contribution in [0.15, 0.2) is 0 Å². The van der Waals surface area contributed by atoms with Crippen LogP contribution in [0.25, 0.3) is 0 Å². The van der Waals surface area contributed by atoms with Crippen molar-refractivity contribution in [1.82, 2.24) is 5.32 Å². The molecule has 0 saturated carbocycles. The second-order valence-electron chi connectivity index (χ2n) is 3.85. The highest BCUT2D eigenvalue weighted by molar-refractivity contribution is 8.00. The van der Waals surface area contributed by atoms with Gasteiger partial charge in [0.2, 0.25) is 5.91 Å². The van der Waals surface area contributed by atoms with Crippen molar-refractivity contribution in [2.45, 2.75) is 44.8 Å². The topological polar surface area (TPSA) is 49.3 Å². The Balaban J connectivity index is 3.17. The summed E-state index contributed by atoms with van der Waals surface area (Å²) in [6.07, 6.45) is 4.01. The predicted octanol–water partition coefficient (Wildman–Crippen LogP) is 1.80. The van der Waals surface area contributed by atoms with E-state index in [0.717, 1.165) is 32.2 Å². The molecule has 90 valence electrons. The van der Waals surface area contributed by atoms with Gasteiger partial charge in [-0.15, -0.1) is 11.8 Å². The number of carbonyl (C=O) groups excluding carboxylic acids is 1. The van der Waals surface area contributed by atoms with E-state index >= 15 is 0 Å². The Hall–Kier alpha value is -0.220. The molecular weight excluding hydrogens is 210 g/mol. The first-order valence-corrected chi connectivity index (χ1v) is 6.71. The summed E-state index contributed by atoms with van der Waals surface area (Å²) in [5.41, 5.74) is 0. The molecule has 3 nitrogen and oxygen atoms in total.